The summed E-state index contributed by atoms with van der Waals surface area (Å²) < 4.78 is 10.5. The van der Waals surface area contributed by atoms with Crippen molar-refractivity contribution in [3.63, 3.8) is 0 Å². The molecule has 4 unspecified atom stereocenters. The number of rotatable bonds is 8. The highest BCUT2D eigenvalue weighted by molar-refractivity contribution is 5.94. The fourth-order valence-corrected chi connectivity index (χ4v) is 3.50. The molecule has 0 aromatic heterocycles. The van der Waals surface area contributed by atoms with E-state index in [0.717, 1.165) is 0 Å². The van der Waals surface area contributed by atoms with Gasteiger partial charge in [-0.1, -0.05) is 6.08 Å². The van der Waals surface area contributed by atoms with Crippen LogP contribution in [0, 0.1) is 16.0 Å². The molecule has 1 saturated carbocycles. The molecule has 1 aliphatic heterocycles. The number of hydrogen-bond donors (Lipinski definition) is 2. The molecule has 10 nitrogen and oxygen atoms in total. The van der Waals surface area contributed by atoms with Gasteiger partial charge in [0.15, 0.2) is 0 Å². The summed E-state index contributed by atoms with van der Waals surface area (Å²) in [6, 6.07) is 4.45. The molecule has 160 valence electrons. The molecule has 0 radical (unpaired) electrons. The first kappa shape index (κ1) is 21.4. The average molecular weight is 417 g/mol. The van der Waals surface area contributed by atoms with Crippen LogP contribution >= 0.6 is 0 Å². The van der Waals surface area contributed by atoms with Gasteiger partial charge in [0.05, 0.1) is 23.1 Å². The number of nitro benzene ring substituents is 1. The number of benzene rings is 1. The Bertz CT molecular complexity index is 870. The van der Waals surface area contributed by atoms with Crippen molar-refractivity contribution in [3.8, 4) is 0 Å². The fourth-order valence-electron chi connectivity index (χ4n) is 3.50. The molecule has 4 atom stereocenters. The average Bonchev–Trinajstić information content (AvgIpc) is 3.25. The molecule has 1 aromatic carbocycles. The van der Waals surface area contributed by atoms with Gasteiger partial charge >= 0.3 is 11.9 Å². The number of carbonyl (C=O) groups is 3. The van der Waals surface area contributed by atoms with E-state index in [4.69, 9.17) is 9.47 Å². The molecular weight excluding hydrogens is 394 g/mol. The number of esters is 2. The Hall–Kier alpha value is -3.27. The smallest absolute Gasteiger partial charge is 0.338 e. The molecule has 1 amide bonds. The molecule has 2 aliphatic rings. The standard InChI is InChI=1S/C20H23N3O7/c1-3-13-10-20(13,19(26)29-4-2)22-17(24)16-9-15(11-21-16)30-18(25)12-5-7-14(8-6-12)23(27)28/h3,5-8,13,15-16,21H,1,4,9-11H2,2H3,(H,22,24). The lowest BCUT2D eigenvalue weighted by Gasteiger charge is -2.20. The molecule has 0 spiro atoms. The molecule has 0 bridgehead atoms. The van der Waals surface area contributed by atoms with Crippen LogP contribution in [0.15, 0.2) is 36.9 Å². The van der Waals surface area contributed by atoms with E-state index < -0.39 is 34.5 Å². The maximum Gasteiger partial charge on any atom is 0.338 e. The minimum atomic E-state index is -1.08. The van der Waals surface area contributed by atoms with Crippen LogP contribution < -0.4 is 10.6 Å². The number of nitrogens with zero attached hydrogens (tertiary/aromatic N) is 1. The van der Waals surface area contributed by atoms with Crippen LogP contribution in [0.2, 0.25) is 0 Å². The van der Waals surface area contributed by atoms with Crippen LogP contribution in [-0.2, 0) is 19.1 Å². The van der Waals surface area contributed by atoms with E-state index in [-0.39, 0.29) is 42.6 Å². The Kier molecular flexibility index (Phi) is 6.16. The van der Waals surface area contributed by atoms with Crippen molar-refractivity contribution >= 4 is 23.5 Å². The lowest BCUT2D eigenvalue weighted by Crippen LogP contribution is -2.51. The van der Waals surface area contributed by atoms with Gasteiger partial charge in [-0.05, 0) is 25.5 Å². The van der Waals surface area contributed by atoms with Crippen LogP contribution in [0.1, 0.15) is 30.1 Å². The van der Waals surface area contributed by atoms with Gasteiger partial charge in [0, 0.05) is 31.0 Å². The van der Waals surface area contributed by atoms with E-state index >= 15 is 0 Å². The normalized spacial score (nSPS) is 27.0. The van der Waals surface area contributed by atoms with Crippen molar-refractivity contribution < 1.29 is 28.8 Å². The van der Waals surface area contributed by atoms with E-state index in [9.17, 15) is 24.5 Å². The number of non-ortho nitro benzene ring substituents is 1. The lowest BCUT2D eigenvalue weighted by atomic mass is 10.1. The van der Waals surface area contributed by atoms with E-state index in [1.807, 2.05) is 0 Å². The third-order valence-corrected chi connectivity index (χ3v) is 5.28. The van der Waals surface area contributed by atoms with Crippen molar-refractivity contribution in [1.29, 1.82) is 0 Å². The number of nitro groups is 1. The maximum atomic E-state index is 12.7. The fraction of sp³-hybridized carbons (Fsp3) is 0.450. The monoisotopic (exact) mass is 417 g/mol. The molecule has 1 aromatic rings. The summed E-state index contributed by atoms with van der Waals surface area (Å²) in [4.78, 5) is 47.3. The van der Waals surface area contributed by atoms with Gasteiger partial charge in [-0.25, -0.2) is 9.59 Å². The number of amides is 1. The molecule has 1 saturated heterocycles. The molecule has 30 heavy (non-hydrogen) atoms. The predicted octanol–water partition coefficient (Wildman–Crippen LogP) is 1.11. The van der Waals surface area contributed by atoms with Crippen molar-refractivity contribution in [1.82, 2.24) is 10.6 Å². The summed E-state index contributed by atoms with van der Waals surface area (Å²) in [5.74, 6) is -1.67. The second kappa shape index (κ2) is 8.62. The van der Waals surface area contributed by atoms with Crippen LogP contribution in [-0.4, -0.2) is 53.6 Å². The van der Waals surface area contributed by atoms with Crippen molar-refractivity contribution in [2.45, 2.75) is 37.5 Å². The van der Waals surface area contributed by atoms with Gasteiger partial charge in [-0.3, -0.25) is 14.9 Å². The predicted molar refractivity (Wildman–Crippen MR) is 105 cm³/mol. The summed E-state index contributed by atoms with van der Waals surface area (Å²) in [7, 11) is 0. The molecule has 10 heteroatoms. The highest BCUT2D eigenvalue weighted by atomic mass is 16.6. The second-order valence-corrected chi connectivity index (χ2v) is 7.26. The first-order chi connectivity index (χ1) is 14.3. The van der Waals surface area contributed by atoms with Crippen LogP contribution in [0.5, 0.6) is 0 Å². The quantitative estimate of drug-likeness (QED) is 0.278. The van der Waals surface area contributed by atoms with Gasteiger partial charge in [0.2, 0.25) is 5.91 Å². The summed E-state index contributed by atoms with van der Waals surface area (Å²) >= 11 is 0. The van der Waals surface area contributed by atoms with E-state index in [1.54, 1.807) is 13.0 Å². The first-order valence-corrected chi connectivity index (χ1v) is 9.61. The van der Waals surface area contributed by atoms with E-state index in [0.29, 0.717) is 6.42 Å². The van der Waals surface area contributed by atoms with Crippen LogP contribution in [0.3, 0.4) is 0 Å². The Labute approximate surface area is 172 Å². The van der Waals surface area contributed by atoms with Gasteiger partial charge in [-0.2, -0.15) is 0 Å². The van der Waals surface area contributed by atoms with Gasteiger partial charge in [-0.15, -0.1) is 6.58 Å². The summed E-state index contributed by atoms with van der Waals surface area (Å²) in [5, 5.41) is 16.4. The van der Waals surface area contributed by atoms with Gasteiger partial charge in [0.1, 0.15) is 11.6 Å². The number of carbonyl (C=O) groups excluding carboxylic acids is 3. The van der Waals surface area contributed by atoms with Gasteiger partial charge < -0.3 is 20.1 Å². The molecular formula is C20H23N3O7. The zero-order valence-electron chi connectivity index (χ0n) is 16.5. The Balaban J connectivity index is 1.55. The van der Waals surface area contributed by atoms with Crippen LogP contribution in [0.25, 0.3) is 0 Å². The largest absolute Gasteiger partial charge is 0.464 e. The Morgan fingerprint density at radius 2 is 2.07 bits per heavy atom. The van der Waals surface area contributed by atoms with Gasteiger partial charge in [0.25, 0.3) is 5.69 Å². The third kappa shape index (κ3) is 4.33. The number of hydrogen-bond acceptors (Lipinski definition) is 8. The summed E-state index contributed by atoms with van der Waals surface area (Å²) in [5.41, 5.74) is -1.02. The van der Waals surface area contributed by atoms with E-state index in [1.165, 1.54) is 24.3 Å². The minimum Gasteiger partial charge on any atom is -0.464 e. The molecule has 1 aliphatic carbocycles. The molecule has 2 N–H and O–H groups in total. The lowest BCUT2D eigenvalue weighted by molar-refractivity contribution is -0.384. The Morgan fingerprint density at radius 1 is 1.37 bits per heavy atom. The second-order valence-electron chi connectivity index (χ2n) is 7.26. The number of nitrogens with one attached hydrogen (secondary N) is 2. The summed E-state index contributed by atoms with van der Waals surface area (Å²) in [6.45, 7) is 5.86. The molecule has 2 fully saturated rings. The minimum absolute atomic E-state index is 0.126. The summed E-state index contributed by atoms with van der Waals surface area (Å²) in [6.07, 6.45) is 1.75. The zero-order valence-corrected chi connectivity index (χ0v) is 16.5. The molecule has 3 rings (SSSR count). The van der Waals surface area contributed by atoms with E-state index in [2.05, 4.69) is 17.2 Å². The Morgan fingerprint density at radius 3 is 2.63 bits per heavy atom. The van der Waals surface area contributed by atoms with Crippen molar-refractivity contribution in [3.05, 3.63) is 52.6 Å². The molecule has 1 heterocycles. The highest BCUT2D eigenvalue weighted by Crippen LogP contribution is 2.45. The SMILES string of the molecule is C=CC1CC1(NC(=O)C1CC(OC(=O)c2ccc([N+](=O)[O-])cc2)CN1)C(=O)OCC. The third-order valence-electron chi connectivity index (χ3n) is 5.28. The van der Waals surface area contributed by atoms with Crippen molar-refractivity contribution in [2.75, 3.05) is 13.2 Å². The topological polar surface area (TPSA) is 137 Å². The highest BCUT2D eigenvalue weighted by Gasteiger charge is 2.61. The first-order valence-electron chi connectivity index (χ1n) is 9.61. The van der Waals surface area contributed by atoms with Crippen LogP contribution in [0.4, 0.5) is 5.69 Å². The number of ether oxygens (including phenoxy) is 2. The zero-order chi connectivity index (χ0) is 21.9. The van der Waals surface area contributed by atoms with Crippen molar-refractivity contribution in [2.24, 2.45) is 5.92 Å². The maximum absolute atomic E-state index is 12.7.